The lowest BCUT2D eigenvalue weighted by Gasteiger charge is -2.02. The van der Waals surface area contributed by atoms with E-state index in [0.717, 1.165) is 4.43 Å². The summed E-state index contributed by atoms with van der Waals surface area (Å²) in [5, 5.41) is 2.60. The first-order valence-corrected chi connectivity index (χ1v) is 5.36. The first-order chi connectivity index (χ1) is 6.22. The van der Waals surface area contributed by atoms with Gasteiger partial charge in [-0.3, -0.25) is 4.79 Å². The minimum atomic E-state index is -0.340. The van der Waals surface area contributed by atoms with Crippen LogP contribution in [0.15, 0.2) is 24.3 Å². The highest BCUT2D eigenvalue weighted by Gasteiger charge is 2.00. The molecule has 0 aliphatic rings. The summed E-state index contributed by atoms with van der Waals surface area (Å²) in [4.78, 5) is 11.1. The number of benzene rings is 1. The van der Waals surface area contributed by atoms with E-state index in [1.807, 2.05) is 0 Å². The van der Waals surface area contributed by atoms with Gasteiger partial charge in [0.25, 0.3) is 0 Å². The fourth-order valence-corrected chi connectivity index (χ4v) is 1.37. The van der Waals surface area contributed by atoms with Crippen molar-refractivity contribution in [3.05, 3.63) is 30.1 Å². The molecule has 4 heteroatoms. The van der Waals surface area contributed by atoms with E-state index in [1.165, 1.54) is 12.1 Å². The summed E-state index contributed by atoms with van der Waals surface area (Å²) in [7, 11) is 0. The van der Waals surface area contributed by atoms with E-state index in [0.29, 0.717) is 12.1 Å². The minimum absolute atomic E-state index is 0.0833. The molecule has 70 valence electrons. The molecule has 0 unspecified atom stereocenters. The van der Waals surface area contributed by atoms with E-state index in [9.17, 15) is 9.18 Å². The van der Waals surface area contributed by atoms with Crippen LogP contribution in [0.1, 0.15) is 6.42 Å². The average molecular weight is 293 g/mol. The van der Waals surface area contributed by atoms with Gasteiger partial charge >= 0.3 is 0 Å². The number of amides is 1. The fourth-order valence-electron chi connectivity index (χ4n) is 0.876. The lowest BCUT2D eigenvalue weighted by Crippen LogP contribution is -2.11. The fraction of sp³-hybridized carbons (Fsp3) is 0.222. The molecule has 0 saturated heterocycles. The summed E-state index contributed by atoms with van der Waals surface area (Å²) in [6.07, 6.45) is 0.455. The van der Waals surface area contributed by atoms with Gasteiger partial charge in [0.05, 0.1) is 0 Å². The molecule has 0 aliphatic heterocycles. The second-order valence-electron chi connectivity index (χ2n) is 2.50. The summed E-state index contributed by atoms with van der Waals surface area (Å²) in [5.41, 5.74) is 0.509. The highest BCUT2D eigenvalue weighted by atomic mass is 127. The van der Waals surface area contributed by atoms with Crippen molar-refractivity contribution in [1.82, 2.24) is 0 Å². The highest BCUT2D eigenvalue weighted by molar-refractivity contribution is 14.1. The smallest absolute Gasteiger partial charge is 0.225 e. The zero-order valence-corrected chi connectivity index (χ0v) is 9.05. The standard InChI is InChI=1S/C9H9FINO/c10-7-2-1-3-8(6-7)12-9(13)4-5-11/h1-3,6H,4-5H2,(H,12,13). The zero-order valence-electron chi connectivity index (χ0n) is 6.89. The molecule has 0 fully saturated rings. The third kappa shape index (κ3) is 3.71. The first-order valence-electron chi connectivity index (χ1n) is 3.84. The van der Waals surface area contributed by atoms with Gasteiger partial charge in [0, 0.05) is 16.5 Å². The number of hydrogen-bond acceptors (Lipinski definition) is 1. The zero-order chi connectivity index (χ0) is 9.68. The van der Waals surface area contributed by atoms with Crippen molar-refractivity contribution in [2.45, 2.75) is 6.42 Å². The summed E-state index contributed by atoms with van der Waals surface area (Å²) in [6, 6.07) is 5.86. The van der Waals surface area contributed by atoms with Crippen molar-refractivity contribution >= 4 is 34.2 Å². The highest BCUT2D eigenvalue weighted by Crippen LogP contribution is 2.09. The van der Waals surface area contributed by atoms with Crippen LogP contribution in [0.3, 0.4) is 0 Å². The molecule has 0 heterocycles. The summed E-state index contributed by atoms with van der Waals surface area (Å²) in [6.45, 7) is 0. The van der Waals surface area contributed by atoms with Gasteiger partial charge in [-0.25, -0.2) is 4.39 Å². The Bertz CT molecular complexity index is 303. The van der Waals surface area contributed by atoms with Crippen LogP contribution in [-0.4, -0.2) is 10.3 Å². The van der Waals surface area contributed by atoms with E-state index < -0.39 is 0 Å². The van der Waals surface area contributed by atoms with Crippen LogP contribution >= 0.6 is 22.6 Å². The van der Waals surface area contributed by atoms with Gasteiger partial charge in [0.1, 0.15) is 5.82 Å². The van der Waals surface area contributed by atoms with Crippen LogP contribution in [0.25, 0.3) is 0 Å². The van der Waals surface area contributed by atoms with Crippen LogP contribution in [0.5, 0.6) is 0 Å². The minimum Gasteiger partial charge on any atom is -0.326 e. The van der Waals surface area contributed by atoms with Gasteiger partial charge in [0.2, 0.25) is 5.91 Å². The lowest BCUT2D eigenvalue weighted by molar-refractivity contribution is -0.115. The Morgan fingerprint density at radius 1 is 1.54 bits per heavy atom. The predicted molar refractivity (Wildman–Crippen MR) is 58.5 cm³/mol. The molecular formula is C9H9FINO. The summed E-state index contributed by atoms with van der Waals surface area (Å²) >= 11 is 2.12. The van der Waals surface area contributed by atoms with Gasteiger partial charge in [-0.1, -0.05) is 28.7 Å². The lowest BCUT2D eigenvalue weighted by atomic mass is 10.3. The topological polar surface area (TPSA) is 29.1 Å². The molecule has 0 spiro atoms. The van der Waals surface area contributed by atoms with Crippen molar-refractivity contribution in [2.75, 3.05) is 9.74 Å². The number of carbonyl (C=O) groups is 1. The van der Waals surface area contributed by atoms with Crippen molar-refractivity contribution in [3.63, 3.8) is 0 Å². The van der Waals surface area contributed by atoms with Crippen molar-refractivity contribution in [1.29, 1.82) is 0 Å². The molecule has 0 saturated carbocycles. The second kappa shape index (κ2) is 5.16. The van der Waals surface area contributed by atoms with Crippen LogP contribution in [-0.2, 0) is 4.79 Å². The Labute approximate surface area is 89.7 Å². The molecule has 0 aromatic heterocycles. The molecule has 1 amide bonds. The third-order valence-electron chi connectivity index (χ3n) is 1.43. The Hall–Kier alpha value is -0.650. The van der Waals surface area contributed by atoms with Gasteiger partial charge < -0.3 is 5.32 Å². The molecule has 2 nitrogen and oxygen atoms in total. The van der Waals surface area contributed by atoms with E-state index >= 15 is 0 Å². The number of carbonyl (C=O) groups excluding carboxylic acids is 1. The largest absolute Gasteiger partial charge is 0.326 e. The molecule has 0 bridgehead atoms. The molecule has 0 radical (unpaired) electrons. The number of hydrogen-bond donors (Lipinski definition) is 1. The van der Waals surface area contributed by atoms with Gasteiger partial charge in [-0.05, 0) is 18.2 Å². The SMILES string of the molecule is O=C(CCI)Nc1cccc(F)c1. The summed E-state index contributed by atoms with van der Waals surface area (Å²) in [5.74, 6) is -0.424. The van der Waals surface area contributed by atoms with E-state index in [-0.39, 0.29) is 11.7 Å². The maximum absolute atomic E-state index is 12.7. The number of alkyl halides is 1. The Kier molecular flexibility index (Phi) is 4.14. The Morgan fingerprint density at radius 2 is 2.31 bits per heavy atom. The number of nitrogens with one attached hydrogen (secondary N) is 1. The predicted octanol–water partition coefficient (Wildman–Crippen LogP) is 2.59. The maximum atomic E-state index is 12.7. The quantitative estimate of drug-likeness (QED) is 0.673. The normalized spacial score (nSPS) is 9.69. The molecule has 0 atom stereocenters. The average Bonchev–Trinajstić information content (AvgIpc) is 2.04. The number of halogens is 2. The monoisotopic (exact) mass is 293 g/mol. The molecular weight excluding hydrogens is 284 g/mol. The molecule has 1 aromatic rings. The number of rotatable bonds is 3. The van der Waals surface area contributed by atoms with Crippen molar-refractivity contribution in [2.24, 2.45) is 0 Å². The van der Waals surface area contributed by atoms with E-state index in [2.05, 4.69) is 27.9 Å². The molecule has 1 rings (SSSR count). The first kappa shape index (κ1) is 10.4. The van der Waals surface area contributed by atoms with E-state index in [1.54, 1.807) is 12.1 Å². The van der Waals surface area contributed by atoms with Gasteiger partial charge in [0.15, 0.2) is 0 Å². The Balaban J connectivity index is 2.58. The molecule has 1 N–H and O–H groups in total. The molecule has 13 heavy (non-hydrogen) atoms. The van der Waals surface area contributed by atoms with Crippen LogP contribution in [0.2, 0.25) is 0 Å². The van der Waals surface area contributed by atoms with Crippen LogP contribution < -0.4 is 5.32 Å². The Morgan fingerprint density at radius 3 is 2.92 bits per heavy atom. The number of anilines is 1. The summed E-state index contributed by atoms with van der Waals surface area (Å²) < 4.78 is 13.4. The van der Waals surface area contributed by atoms with Gasteiger partial charge in [-0.2, -0.15) is 0 Å². The van der Waals surface area contributed by atoms with Crippen LogP contribution in [0.4, 0.5) is 10.1 Å². The van der Waals surface area contributed by atoms with Gasteiger partial charge in [-0.15, -0.1) is 0 Å². The third-order valence-corrected chi connectivity index (χ3v) is 1.97. The van der Waals surface area contributed by atoms with Crippen molar-refractivity contribution < 1.29 is 9.18 Å². The van der Waals surface area contributed by atoms with E-state index in [4.69, 9.17) is 0 Å². The maximum Gasteiger partial charge on any atom is 0.225 e. The van der Waals surface area contributed by atoms with Crippen molar-refractivity contribution in [3.8, 4) is 0 Å². The second-order valence-corrected chi connectivity index (χ2v) is 3.58. The molecule has 0 aliphatic carbocycles. The van der Waals surface area contributed by atoms with Crippen LogP contribution in [0, 0.1) is 5.82 Å². The molecule has 1 aromatic carbocycles.